The number of nitrogens with zero attached hydrogens (tertiary/aromatic N) is 3. The smallest absolute Gasteiger partial charge is 0.405 e. The Morgan fingerprint density at radius 1 is 1.37 bits per heavy atom. The van der Waals surface area contributed by atoms with Gasteiger partial charge >= 0.3 is 12.2 Å². The highest BCUT2D eigenvalue weighted by atomic mass is 19.4. The van der Waals surface area contributed by atoms with Crippen LogP contribution in [0.1, 0.15) is 0 Å². The van der Waals surface area contributed by atoms with E-state index in [1.165, 1.54) is 4.40 Å². The quantitative estimate of drug-likeness (QED) is 0.894. The summed E-state index contributed by atoms with van der Waals surface area (Å²) in [7, 11) is 0. The molecule has 0 fully saturated rings. The Morgan fingerprint density at radius 3 is 2.89 bits per heavy atom. The summed E-state index contributed by atoms with van der Waals surface area (Å²) in [6.45, 7) is -1.96. The van der Waals surface area contributed by atoms with E-state index in [1.54, 1.807) is 29.7 Å². The SMILES string of the molecule is O=C(COc1nnc2ccccn12)NCC(F)(F)F. The highest BCUT2D eigenvalue weighted by Crippen LogP contribution is 2.12. The van der Waals surface area contributed by atoms with Crippen LogP contribution in [0.25, 0.3) is 5.65 Å². The molecule has 0 atom stereocenters. The topological polar surface area (TPSA) is 68.5 Å². The lowest BCUT2D eigenvalue weighted by Crippen LogP contribution is -2.36. The Bertz CT molecular complexity index is 581. The normalized spacial score (nSPS) is 11.5. The second-order valence-corrected chi connectivity index (χ2v) is 3.59. The van der Waals surface area contributed by atoms with Crippen molar-refractivity contribution in [1.82, 2.24) is 19.9 Å². The van der Waals surface area contributed by atoms with Gasteiger partial charge in [0.05, 0.1) is 0 Å². The van der Waals surface area contributed by atoms with Gasteiger partial charge in [-0.15, -0.1) is 5.10 Å². The van der Waals surface area contributed by atoms with Gasteiger partial charge in [0, 0.05) is 6.20 Å². The number of amides is 1. The predicted molar refractivity (Wildman–Crippen MR) is 57.5 cm³/mol. The molecule has 0 aliphatic carbocycles. The number of halogens is 3. The lowest BCUT2D eigenvalue weighted by atomic mass is 10.5. The van der Waals surface area contributed by atoms with Gasteiger partial charge in [-0.2, -0.15) is 13.2 Å². The summed E-state index contributed by atoms with van der Waals surface area (Å²) in [5.41, 5.74) is 0.508. The summed E-state index contributed by atoms with van der Waals surface area (Å²) in [5.74, 6) is -0.884. The number of fused-ring (bicyclic) bond motifs is 1. The minimum absolute atomic E-state index is 0.0396. The Hall–Kier alpha value is -2.32. The van der Waals surface area contributed by atoms with Gasteiger partial charge in [-0.25, -0.2) is 0 Å². The second kappa shape index (κ2) is 5.12. The van der Waals surface area contributed by atoms with Crippen LogP contribution in [0.2, 0.25) is 0 Å². The van der Waals surface area contributed by atoms with E-state index in [2.05, 4.69) is 10.2 Å². The maximum atomic E-state index is 11.9. The van der Waals surface area contributed by atoms with Gasteiger partial charge in [-0.1, -0.05) is 11.2 Å². The molecule has 1 N–H and O–H groups in total. The third-order valence-electron chi connectivity index (χ3n) is 2.10. The molecule has 19 heavy (non-hydrogen) atoms. The Kier molecular flexibility index (Phi) is 3.54. The third-order valence-corrected chi connectivity index (χ3v) is 2.10. The summed E-state index contributed by atoms with van der Waals surface area (Å²) in [6.07, 6.45) is -2.84. The van der Waals surface area contributed by atoms with Gasteiger partial charge < -0.3 is 10.1 Å². The molecule has 0 spiro atoms. The van der Waals surface area contributed by atoms with Crippen molar-refractivity contribution < 1.29 is 22.7 Å². The molecule has 0 aromatic carbocycles. The standard InChI is InChI=1S/C10H9F3N4O2/c11-10(12,13)6-14-8(18)5-19-9-16-15-7-3-1-2-4-17(7)9/h1-4H,5-6H2,(H,14,18). The maximum absolute atomic E-state index is 11.9. The summed E-state index contributed by atoms with van der Waals surface area (Å²) < 4.78 is 42.0. The second-order valence-electron chi connectivity index (χ2n) is 3.59. The van der Waals surface area contributed by atoms with Gasteiger partial charge in [0.25, 0.3) is 5.91 Å². The van der Waals surface area contributed by atoms with Crippen LogP contribution in [-0.4, -0.2) is 39.8 Å². The zero-order valence-corrected chi connectivity index (χ0v) is 9.52. The molecule has 1 amide bonds. The van der Waals surface area contributed by atoms with E-state index in [9.17, 15) is 18.0 Å². The number of carbonyl (C=O) groups is 1. The van der Waals surface area contributed by atoms with Crippen LogP contribution in [0.3, 0.4) is 0 Å². The van der Waals surface area contributed by atoms with Crippen LogP contribution < -0.4 is 10.1 Å². The largest absolute Gasteiger partial charge is 0.453 e. The van der Waals surface area contributed by atoms with Crippen molar-refractivity contribution in [3.8, 4) is 6.01 Å². The fraction of sp³-hybridized carbons (Fsp3) is 0.300. The van der Waals surface area contributed by atoms with Crippen molar-refractivity contribution in [3.63, 3.8) is 0 Å². The number of rotatable bonds is 4. The number of carbonyl (C=O) groups excluding carboxylic acids is 1. The van der Waals surface area contributed by atoms with Crippen LogP contribution in [-0.2, 0) is 4.79 Å². The molecule has 6 nitrogen and oxygen atoms in total. The fourth-order valence-corrected chi connectivity index (χ4v) is 1.30. The van der Waals surface area contributed by atoms with Gasteiger partial charge in [-0.3, -0.25) is 9.20 Å². The average Bonchev–Trinajstić information content (AvgIpc) is 2.76. The highest BCUT2D eigenvalue weighted by molar-refractivity contribution is 5.77. The molecule has 9 heteroatoms. The first-order valence-electron chi connectivity index (χ1n) is 5.22. The Morgan fingerprint density at radius 2 is 2.16 bits per heavy atom. The fourth-order valence-electron chi connectivity index (χ4n) is 1.30. The molecule has 0 unspecified atom stereocenters. The van der Waals surface area contributed by atoms with Crippen molar-refractivity contribution in [2.45, 2.75) is 6.18 Å². The summed E-state index contributed by atoms with van der Waals surface area (Å²) in [6, 6.07) is 5.15. The van der Waals surface area contributed by atoms with E-state index in [0.29, 0.717) is 5.65 Å². The number of alkyl halides is 3. The zero-order chi connectivity index (χ0) is 13.9. The molecular formula is C10H9F3N4O2. The van der Waals surface area contributed by atoms with Crippen molar-refractivity contribution in [2.24, 2.45) is 0 Å². The monoisotopic (exact) mass is 274 g/mol. The Labute approximate surface area is 105 Å². The van der Waals surface area contributed by atoms with Crippen molar-refractivity contribution in [1.29, 1.82) is 0 Å². The molecule has 0 radical (unpaired) electrons. The number of aromatic nitrogens is 3. The van der Waals surface area contributed by atoms with Gasteiger partial charge in [-0.05, 0) is 12.1 Å². The van der Waals surface area contributed by atoms with E-state index < -0.39 is 25.2 Å². The van der Waals surface area contributed by atoms with Crippen LogP contribution >= 0.6 is 0 Å². The average molecular weight is 274 g/mol. The Balaban J connectivity index is 1.90. The van der Waals surface area contributed by atoms with E-state index >= 15 is 0 Å². The number of ether oxygens (including phenoxy) is 1. The summed E-state index contributed by atoms with van der Waals surface area (Å²) in [4.78, 5) is 11.1. The van der Waals surface area contributed by atoms with Crippen LogP contribution in [0.5, 0.6) is 6.01 Å². The van der Waals surface area contributed by atoms with Crippen LogP contribution in [0.15, 0.2) is 24.4 Å². The highest BCUT2D eigenvalue weighted by Gasteiger charge is 2.27. The van der Waals surface area contributed by atoms with Gasteiger partial charge in [0.1, 0.15) is 6.54 Å². The molecule has 2 aromatic rings. The first kappa shape index (κ1) is 13.1. The predicted octanol–water partition coefficient (Wildman–Crippen LogP) is 0.787. The van der Waals surface area contributed by atoms with E-state index in [-0.39, 0.29) is 6.01 Å². The molecule has 2 aromatic heterocycles. The number of pyridine rings is 1. The maximum Gasteiger partial charge on any atom is 0.405 e. The molecule has 0 bridgehead atoms. The number of hydrogen-bond donors (Lipinski definition) is 1. The zero-order valence-electron chi connectivity index (χ0n) is 9.52. The number of hydrogen-bond acceptors (Lipinski definition) is 4. The lowest BCUT2D eigenvalue weighted by Gasteiger charge is -2.08. The lowest BCUT2D eigenvalue weighted by molar-refractivity contribution is -0.139. The molecule has 0 aliphatic rings. The third kappa shape index (κ3) is 3.57. The molecule has 2 heterocycles. The summed E-state index contributed by atoms with van der Waals surface area (Å²) >= 11 is 0. The van der Waals surface area contributed by atoms with Crippen molar-refractivity contribution in [3.05, 3.63) is 24.4 Å². The van der Waals surface area contributed by atoms with Crippen molar-refractivity contribution in [2.75, 3.05) is 13.2 Å². The minimum atomic E-state index is -4.45. The van der Waals surface area contributed by atoms with Crippen LogP contribution in [0.4, 0.5) is 13.2 Å². The molecule has 0 saturated heterocycles. The van der Waals surface area contributed by atoms with Gasteiger partial charge in [0.2, 0.25) is 0 Å². The molecule has 0 saturated carbocycles. The molecule has 0 aliphatic heterocycles. The molecular weight excluding hydrogens is 265 g/mol. The van der Waals surface area contributed by atoms with Gasteiger partial charge in [0.15, 0.2) is 12.3 Å². The van der Waals surface area contributed by atoms with E-state index in [4.69, 9.17) is 4.74 Å². The number of nitrogens with one attached hydrogen (secondary N) is 1. The van der Waals surface area contributed by atoms with Crippen molar-refractivity contribution >= 4 is 11.6 Å². The summed E-state index contributed by atoms with van der Waals surface area (Å²) in [5, 5.41) is 9.11. The van der Waals surface area contributed by atoms with E-state index in [1.807, 2.05) is 0 Å². The minimum Gasteiger partial charge on any atom is -0.453 e. The first-order chi connectivity index (χ1) is 8.96. The van der Waals surface area contributed by atoms with Crippen LogP contribution in [0, 0.1) is 0 Å². The first-order valence-corrected chi connectivity index (χ1v) is 5.22. The molecule has 2 rings (SSSR count). The van der Waals surface area contributed by atoms with E-state index in [0.717, 1.165) is 0 Å². The molecule has 102 valence electrons.